The molecule has 0 unspecified atom stereocenters. The summed E-state index contributed by atoms with van der Waals surface area (Å²) in [5.41, 5.74) is 6.65. The lowest BCUT2D eigenvalue weighted by Crippen LogP contribution is -2.02. The van der Waals surface area contributed by atoms with Crippen molar-refractivity contribution in [2.24, 2.45) is 5.73 Å². The molecule has 2 N–H and O–H groups in total. The fraction of sp³-hybridized carbons (Fsp3) is 0.300. The molecule has 0 saturated carbocycles. The number of hydrogen-bond donors (Lipinski definition) is 1. The smallest absolute Gasteiger partial charge is 0.181 e. The summed E-state index contributed by atoms with van der Waals surface area (Å²) in [7, 11) is 0. The maximum absolute atomic E-state index is 5.49. The summed E-state index contributed by atoms with van der Waals surface area (Å²) in [5, 5.41) is 9.08. The van der Waals surface area contributed by atoms with Crippen LogP contribution in [0.25, 0.3) is 0 Å². The third-order valence-corrected chi connectivity index (χ3v) is 4.89. The van der Waals surface area contributed by atoms with Crippen molar-refractivity contribution in [1.29, 1.82) is 0 Å². The van der Waals surface area contributed by atoms with Crippen LogP contribution >= 0.6 is 34.9 Å². The number of pyridine rings is 1. The monoisotopic (exact) mass is 284 g/mol. The molecule has 0 aliphatic rings. The molecule has 90 valence electrons. The zero-order valence-corrected chi connectivity index (χ0v) is 11.7. The predicted molar refractivity (Wildman–Crippen MR) is 72.8 cm³/mol. The molecule has 0 atom stereocenters. The SMILES string of the molecule is CSc1nnc(Sc2ccc(CCN)cn2)s1. The molecule has 2 rings (SSSR count). The highest BCUT2D eigenvalue weighted by Crippen LogP contribution is 2.31. The van der Waals surface area contributed by atoms with Crippen molar-refractivity contribution in [3.63, 3.8) is 0 Å². The number of nitrogens with zero attached hydrogens (tertiary/aromatic N) is 3. The van der Waals surface area contributed by atoms with E-state index >= 15 is 0 Å². The number of aromatic nitrogens is 3. The summed E-state index contributed by atoms with van der Waals surface area (Å²) in [4.78, 5) is 4.37. The molecule has 7 heteroatoms. The molecule has 2 heterocycles. The molecule has 2 aromatic rings. The Labute approximate surface area is 112 Å². The summed E-state index contributed by atoms with van der Waals surface area (Å²) in [6, 6.07) is 4.05. The van der Waals surface area contributed by atoms with Crippen molar-refractivity contribution in [2.45, 2.75) is 20.1 Å². The van der Waals surface area contributed by atoms with E-state index in [9.17, 15) is 0 Å². The Balaban J connectivity index is 2.03. The predicted octanol–water partition coefficient (Wildman–Crippen LogP) is 2.31. The largest absolute Gasteiger partial charge is 0.330 e. The molecule has 0 aromatic carbocycles. The van der Waals surface area contributed by atoms with Gasteiger partial charge in [0.2, 0.25) is 0 Å². The fourth-order valence-corrected chi connectivity index (χ4v) is 3.52. The maximum atomic E-state index is 5.49. The van der Waals surface area contributed by atoms with Gasteiger partial charge in [-0.15, -0.1) is 10.2 Å². The Morgan fingerprint density at radius 1 is 1.29 bits per heavy atom. The lowest BCUT2D eigenvalue weighted by Gasteiger charge is -1.99. The summed E-state index contributed by atoms with van der Waals surface area (Å²) in [6.45, 7) is 0.654. The first-order valence-corrected chi connectivity index (χ1v) is 7.88. The minimum atomic E-state index is 0.654. The van der Waals surface area contributed by atoms with Crippen LogP contribution in [-0.4, -0.2) is 28.0 Å². The quantitative estimate of drug-likeness (QED) is 0.850. The molecule has 0 aliphatic carbocycles. The highest BCUT2D eigenvalue weighted by molar-refractivity contribution is 8.02. The van der Waals surface area contributed by atoms with Gasteiger partial charge in [0.25, 0.3) is 0 Å². The van der Waals surface area contributed by atoms with Crippen LogP contribution in [0.15, 0.2) is 32.0 Å². The second-order valence-electron chi connectivity index (χ2n) is 3.18. The summed E-state index contributed by atoms with van der Waals surface area (Å²) >= 11 is 4.73. The summed E-state index contributed by atoms with van der Waals surface area (Å²) in [5.74, 6) is 0. The number of nitrogens with two attached hydrogens (primary N) is 1. The number of rotatable bonds is 5. The fourth-order valence-electron chi connectivity index (χ4n) is 1.20. The average molecular weight is 284 g/mol. The Hall–Kier alpha value is -0.630. The molecule has 17 heavy (non-hydrogen) atoms. The molecule has 2 aromatic heterocycles. The van der Waals surface area contributed by atoms with Gasteiger partial charge in [-0.25, -0.2) is 4.98 Å². The van der Waals surface area contributed by atoms with Crippen molar-refractivity contribution in [2.75, 3.05) is 12.8 Å². The first kappa shape index (κ1) is 12.8. The molecule has 0 spiro atoms. The highest BCUT2D eigenvalue weighted by Gasteiger charge is 2.06. The topological polar surface area (TPSA) is 64.7 Å². The van der Waals surface area contributed by atoms with Gasteiger partial charge in [0.1, 0.15) is 5.03 Å². The molecule has 0 fully saturated rings. The molecule has 0 saturated heterocycles. The van der Waals surface area contributed by atoms with Crippen LogP contribution in [0.5, 0.6) is 0 Å². The third kappa shape index (κ3) is 3.67. The summed E-state index contributed by atoms with van der Waals surface area (Å²) < 4.78 is 1.90. The Morgan fingerprint density at radius 2 is 2.12 bits per heavy atom. The average Bonchev–Trinajstić information content (AvgIpc) is 2.80. The number of hydrogen-bond acceptors (Lipinski definition) is 7. The van der Waals surface area contributed by atoms with E-state index in [2.05, 4.69) is 21.2 Å². The Bertz CT molecular complexity index is 469. The summed E-state index contributed by atoms with van der Waals surface area (Å²) in [6.07, 6.45) is 4.73. The first-order valence-electron chi connectivity index (χ1n) is 5.02. The third-order valence-electron chi connectivity index (χ3n) is 1.99. The minimum absolute atomic E-state index is 0.654. The lowest BCUT2D eigenvalue weighted by molar-refractivity contribution is 0.940. The van der Waals surface area contributed by atoms with E-state index in [1.807, 2.05) is 18.5 Å². The molecular formula is C10H12N4S3. The van der Waals surface area contributed by atoms with E-state index < -0.39 is 0 Å². The van der Waals surface area contributed by atoms with Crippen LogP contribution in [-0.2, 0) is 6.42 Å². The number of thioether (sulfide) groups is 1. The zero-order valence-electron chi connectivity index (χ0n) is 9.29. The van der Waals surface area contributed by atoms with E-state index in [1.165, 1.54) is 17.3 Å². The normalized spacial score (nSPS) is 10.7. The van der Waals surface area contributed by atoms with Crippen LogP contribution in [0.2, 0.25) is 0 Å². The molecule has 0 amide bonds. The van der Waals surface area contributed by atoms with Crippen molar-refractivity contribution >= 4 is 34.9 Å². The van der Waals surface area contributed by atoms with Gasteiger partial charge in [-0.2, -0.15) is 0 Å². The second-order valence-corrected chi connectivity index (χ2v) is 6.48. The van der Waals surface area contributed by atoms with Crippen molar-refractivity contribution in [3.05, 3.63) is 23.9 Å². The van der Waals surface area contributed by atoms with E-state index in [-0.39, 0.29) is 0 Å². The van der Waals surface area contributed by atoms with Crippen molar-refractivity contribution < 1.29 is 0 Å². The van der Waals surface area contributed by atoms with E-state index in [4.69, 9.17) is 5.73 Å². The standard InChI is InChI=1S/C10H12N4S3/c1-15-9-13-14-10(17-9)16-8-3-2-7(4-5-11)6-12-8/h2-3,6H,4-5,11H2,1H3. The van der Waals surface area contributed by atoms with Crippen LogP contribution in [0.1, 0.15) is 5.56 Å². The minimum Gasteiger partial charge on any atom is -0.330 e. The van der Waals surface area contributed by atoms with E-state index in [0.717, 1.165) is 20.1 Å². The van der Waals surface area contributed by atoms with Crippen LogP contribution in [0.4, 0.5) is 0 Å². The molecular weight excluding hydrogens is 272 g/mol. The lowest BCUT2D eigenvalue weighted by atomic mass is 10.2. The van der Waals surface area contributed by atoms with Gasteiger partial charge in [0, 0.05) is 6.20 Å². The van der Waals surface area contributed by atoms with Gasteiger partial charge in [-0.05, 0) is 42.6 Å². The zero-order chi connectivity index (χ0) is 12.1. The van der Waals surface area contributed by atoms with Crippen molar-refractivity contribution in [3.8, 4) is 0 Å². The van der Waals surface area contributed by atoms with Crippen molar-refractivity contribution in [1.82, 2.24) is 15.2 Å². The molecule has 4 nitrogen and oxygen atoms in total. The maximum Gasteiger partial charge on any atom is 0.181 e. The van der Waals surface area contributed by atoms with Gasteiger partial charge in [-0.1, -0.05) is 29.2 Å². The second kappa shape index (κ2) is 6.34. The van der Waals surface area contributed by atoms with Gasteiger partial charge < -0.3 is 5.73 Å². The van der Waals surface area contributed by atoms with Gasteiger partial charge in [0.15, 0.2) is 8.68 Å². The van der Waals surface area contributed by atoms with Crippen LogP contribution in [0.3, 0.4) is 0 Å². The van der Waals surface area contributed by atoms with E-state index in [1.54, 1.807) is 23.1 Å². The Kier molecular flexibility index (Phi) is 4.78. The first-order chi connectivity index (χ1) is 8.31. The van der Waals surface area contributed by atoms with E-state index in [0.29, 0.717) is 6.54 Å². The molecule has 0 radical (unpaired) electrons. The van der Waals surface area contributed by atoms with Crippen LogP contribution in [0, 0.1) is 0 Å². The van der Waals surface area contributed by atoms with Gasteiger partial charge in [0.05, 0.1) is 0 Å². The van der Waals surface area contributed by atoms with Gasteiger partial charge >= 0.3 is 0 Å². The molecule has 0 bridgehead atoms. The highest BCUT2D eigenvalue weighted by atomic mass is 32.2. The Morgan fingerprint density at radius 3 is 2.71 bits per heavy atom. The van der Waals surface area contributed by atoms with Crippen LogP contribution < -0.4 is 5.73 Å². The molecule has 0 aliphatic heterocycles. The van der Waals surface area contributed by atoms with Gasteiger partial charge in [-0.3, -0.25) is 0 Å².